The fourth-order valence-electron chi connectivity index (χ4n) is 3.52. The number of nitrogens with zero attached hydrogens (tertiary/aromatic N) is 4. The number of nitrogens with one attached hydrogen (secondary N) is 1. The van der Waals surface area contributed by atoms with Gasteiger partial charge in [0.05, 0.1) is 33.1 Å². The maximum Gasteiger partial charge on any atom is 0.271 e. The monoisotopic (exact) mass is 467 g/mol. The second kappa shape index (κ2) is 9.16. The summed E-state index contributed by atoms with van der Waals surface area (Å²) < 4.78 is 0. The summed E-state index contributed by atoms with van der Waals surface area (Å²) in [5, 5.41) is 18.7. The van der Waals surface area contributed by atoms with E-state index in [0.29, 0.717) is 32.6 Å². The van der Waals surface area contributed by atoms with Gasteiger partial charge in [-0.2, -0.15) is 5.10 Å². The molecule has 1 aliphatic heterocycles. The first kappa shape index (κ1) is 21.4. The summed E-state index contributed by atoms with van der Waals surface area (Å²) in [7, 11) is 0. The highest BCUT2D eigenvalue weighted by Crippen LogP contribution is 2.38. The third kappa shape index (κ3) is 4.24. The number of hydrogen-bond acceptors (Lipinski definition) is 6. The predicted octanol–water partition coefficient (Wildman–Crippen LogP) is 5.79. The van der Waals surface area contributed by atoms with E-state index in [0.717, 1.165) is 5.69 Å². The summed E-state index contributed by atoms with van der Waals surface area (Å²) >= 11 is 1.26. The van der Waals surface area contributed by atoms with Crippen molar-refractivity contribution in [3.63, 3.8) is 0 Å². The molecule has 0 unspecified atom stereocenters. The first-order valence-corrected chi connectivity index (χ1v) is 11.1. The Hall–Kier alpha value is -4.50. The summed E-state index contributed by atoms with van der Waals surface area (Å²) in [6, 6.07) is 25.0. The predicted molar refractivity (Wildman–Crippen MR) is 134 cm³/mol. The number of non-ortho nitro benzene ring substituents is 1. The molecule has 1 aromatic heterocycles. The second-order valence-corrected chi connectivity index (χ2v) is 8.33. The van der Waals surface area contributed by atoms with Crippen molar-refractivity contribution in [3.8, 4) is 11.3 Å². The number of aromatic nitrogens is 2. The molecule has 9 heteroatoms. The van der Waals surface area contributed by atoms with E-state index >= 15 is 0 Å². The van der Waals surface area contributed by atoms with Crippen LogP contribution in [0.5, 0.6) is 0 Å². The van der Waals surface area contributed by atoms with Gasteiger partial charge >= 0.3 is 0 Å². The van der Waals surface area contributed by atoms with Crippen LogP contribution in [0, 0.1) is 10.1 Å². The number of H-pyrrole nitrogens is 1. The van der Waals surface area contributed by atoms with Gasteiger partial charge < -0.3 is 0 Å². The minimum Gasteiger partial charge on any atom is -0.277 e. The summed E-state index contributed by atoms with van der Waals surface area (Å²) in [5.74, 6) is -0.211. The summed E-state index contributed by atoms with van der Waals surface area (Å²) in [6.45, 7) is 0. The highest BCUT2D eigenvalue weighted by molar-refractivity contribution is 8.19. The van der Waals surface area contributed by atoms with Gasteiger partial charge in [0.1, 0.15) is 0 Å². The lowest BCUT2D eigenvalue weighted by Crippen LogP contribution is -2.28. The number of para-hydroxylation sites is 2. The van der Waals surface area contributed by atoms with E-state index in [1.807, 2.05) is 60.7 Å². The Labute approximate surface area is 198 Å². The summed E-state index contributed by atoms with van der Waals surface area (Å²) in [5.41, 5.74) is 3.26. The third-order valence-corrected chi connectivity index (χ3v) is 6.07. The lowest BCUT2D eigenvalue weighted by Gasteiger charge is -2.15. The van der Waals surface area contributed by atoms with E-state index in [2.05, 4.69) is 10.2 Å². The van der Waals surface area contributed by atoms with Gasteiger partial charge in [-0.25, -0.2) is 4.99 Å². The maximum atomic E-state index is 13.5. The molecule has 0 saturated carbocycles. The Bertz CT molecular complexity index is 1430. The van der Waals surface area contributed by atoms with Gasteiger partial charge in [-0.05, 0) is 42.1 Å². The molecule has 3 aromatic carbocycles. The van der Waals surface area contributed by atoms with Crippen LogP contribution >= 0.6 is 11.8 Å². The van der Waals surface area contributed by atoms with Crippen LogP contribution in [0.15, 0.2) is 101 Å². The van der Waals surface area contributed by atoms with Crippen molar-refractivity contribution in [2.45, 2.75) is 0 Å². The number of aromatic amines is 1. The number of rotatable bonds is 5. The number of amidine groups is 1. The number of nitro groups is 1. The molecular formula is C25H17N5O3S. The first-order chi connectivity index (χ1) is 16.6. The van der Waals surface area contributed by atoms with Crippen molar-refractivity contribution in [1.82, 2.24) is 10.2 Å². The normalized spacial score (nSPS) is 15.9. The topological polar surface area (TPSA) is 104 Å². The Morgan fingerprint density at radius 2 is 1.74 bits per heavy atom. The number of nitro benzene ring substituents is 1. The molecule has 1 aliphatic rings. The van der Waals surface area contributed by atoms with Crippen LogP contribution in [-0.2, 0) is 4.79 Å². The van der Waals surface area contributed by atoms with Crippen LogP contribution in [0.25, 0.3) is 17.3 Å². The van der Waals surface area contributed by atoms with Gasteiger partial charge in [-0.15, -0.1) is 0 Å². The molecule has 1 amide bonds. The SMILES string of the molecule is O=C1C(=Cc2cn[nH]c2-c2cccc([N+](=O)[O-])c2)SC(=Nc2ccccc2)N1c1ccccc1. The smallest absolute Gasteiger partial charge is 0.271 e. The zero-order chi connectivity index (χ0) is 23.5. The van der Waals surface area contributed by atoms with Gasteiger partial charge in [0.2, 0.25) is 0 Å². The van der Waals surface area contributed by atoms with E-state index in [9.17, 15) is 14.9 Å². The molecule has 166 valence electrons. The molecule has 1 N–H and O–H groups in total. The summed E-state index contributed by atoms with van der Waals surface area (Å²) in [6.07, 6.45) is 3.32. The van der Waals surface area contributed by atoms with E-state index in [-0.39, 0.29) is 11.6 Å². The van der Waals surface area contributed by atoms with E-state index in [1.54, 1.807) is 29.3 Å². The van der Waals surface area contributed by atoms with Gasteiger partial charge in [0.25, 0.3) is 11.6 Å². The van der Waals surface area contributed by atoms with Gasteiger partial charge in [-0.1, -0.05) is 48.5 Å². The van der Waals surface area contributed by atoms with Crippen LogP contribution in [0.1, 0.15) is 5.56 Å². The molecule has 4 aromatic rings. The molecule has 2 heterocycles. The zero-order valence-electron chi connectivity index (χ0n) is 17.7. The van der Waals surface area contributed by atoms with Crippen molar-refractivity contribution < 1.29 is 9.72 Å². The Morgan fingerprint density at radius 3 is 2.47 bits per heavy atom. The Balaban J connectivity index is 1.56. The van der Waals surface area contributed by atoms with E-state index < -0.39 is 4.92 Å². The van der Waals surface area contributed by atoms with Crippen LogP contribution in [-0.4, -0.2) is 26.2 Å². The quantitative estimate of drug-likeness (QED) is 0.227. The lowest BCUT2D eigenvalue weighted by atomic mass is 10.1. The van der Waals surface area contributed by atoms with Gasteiger partial charge in [-0.3, -0.25) is 24.9 Å². The number of amides is 1. The number of anilines is 1. The first-order valence-electron chi connectivity index (χ1n) is 10.3. The van der Waals surface area contributed by atoms with E-state index in [4.69, 9.17) is 4.99 Å². The number of hydrogen-bond donors (Lipinski definition) is 1. The zero-order valence-corrected chi connectivity index (χ0v) is 18.5. The summed E-state index contributed by atoms with van der Waals surface area (Å²) in [4.78, 5) is 30.9. The molecule has 34 heavy (non-hydrogen) atoms. The molecule has 1 saturated heterocycles. The highest BCUT2D eigenvalue weighted by atomic mass is 32.2. The molecule has 0 bridgehead atoms. The average Bonchev–Trinajstić information content (AvgIpc) is 3.45. The number of carbonyl (C=O) groups excluding carboxylic acids is 1. The molecular weight excluding hydrogens is 450 g/mol. The fourth-order valence-corrected chi connectivity index (χ4v) is 4.51. The number of benzene rings is 3. The highest BCUT2D eigenvalue weighted by Gasteiger charge is 2.35. The van der Waals surface area contributed by atoms with Crippen molar-refractivity contribution >= 4 is 46.0 Å². The van der Waals surface area contributed by atoms with Crippen LogP contribution in [0.4, 0.5) is 17.1 Å². The van der Waals surface area contributed by atoms with Crippen molar-refractivity contribution in [2.24, 2.45) is 4.99 Å². The molecule has 8 nitrogen and oxygen atoms in total. The van der Waals surface area contributed by atoms with Crippen molar-refractivity contribution in [3.05, 3.63) is 112 Å². The van der Waals surface area contributed by atoms with Crippen molar-refractivity contribution in [1.29, 1.82) is 0 Å². The van der Waals surface area contributed by atoms with Crippen molar-refractivity contribution in [2.75, 3.05) is 4.90 Å². The lowest BCUT2D eigenvalue weighted by molar-refractivity contribution is -0.384. The molecule has 0 atom stereocenters. The van der Waals surface area contributed by atoms with Gasteiger partial charge in [0, 0.05) is 23.3 Å². The Morgan fingerprint density at radius 1 is 1.00 bits per heavy atom. The van der Waals surface area contributed by atoms with E-state index in [1.165, 1.54) is 23.9 Å². The third-order valence-electron chi connectivity index (χ3n) is 5.10. The van der Waals surface area contributed by atoms with Crippen LogP contribution < -0.4 is 4.90 Å². The van der Waals surface area contributed by atoms with Crippen LogP contribution in [0.2, 0.25) is 0 Å². The molecule has 1 fully saturated rings. The number of aliphatic imine (C=N–C) groups is 1. The average molecular weight is 468 g/mol. The molecule has 0 spiro atoms. The minimum atomic E-state index is -0.446. The molecule has 0 radical (unpaired) electrons. The van der Waals surface area contributed by atoms with Gasteiger partial charge in [0.15, 0.2) is 5.17 Å². The fraction of sp³-hybridized carbons (Fsp3) is 0. The minimum absolute atomic E-state index is 0.0236. The van der Waals surface area contributed by atoms with Crippen LogP contribution in [0.3, 0.4) is 0 Å². The molecule has 0 aliphatic carbocycles. The number of carbonyl (C=O) groups is 1. The number of thioether (sulfide) groups is 1. The maximum absolute atomic E-state index is 13.5. The second-order valence-electron chi connectivity index (χ2n) is 7.32. The largest absolute Gasteiger partial charge is 0.277 e. The molecule has 5 rings (SSSR count). The standard InChI is InChI=1S/C25H17N5O3S/c31-24-22(15-18-16-26-28-23(18)17-8-7-13-21(14-17)30(32)33)34-25(27-19-9-3-1-4-10-19)29(24)20-11-5-2-6-12-20/h1-16H,(H,26,28). The Kier molecular flexibility index (Phi) is 5.75.